The summed E-state index contributed by atoms with van der Waals surface area (Å²) in [6.45, 7) is 0.0737. The minimum atomic E-state index is -0.451. The van der Waals surface area contributed by atoms with Crippen molar-refractivity contribution >= 4 is 46.4 Å². The van der Waals surface area contributed by atoms with Crippen LogP contribution in [0.1, 0.15) is 15.2 Å². The predicted molar refractivity (Wildman–Crippen MR) is 118 cm³/mol. The van der Waals surface area contributed by atoms with Gasteiger partial charge in [0.25, 0.3) is 5.91 Å². The molecule has 1 atom stereocenters. The first-order valence-electron chi connectivity index (χ1n) is 8.72. The molecule has 3 aromatic rings. The van der Waals surface area contributed by atoms with Crippen molar-refractivity contribution in [3.8, 4) is 10.7 Å². The maximum Gasteiger partial charge on any atom is 0.263 e. The number of carbonyl (C=O) groups is 1. The molecule has 30 heavy (non-hydrogen) atoms. The Morgan fingerprint density at radius 1 is 1.33 bits per heavy atom. The number of rotatable bonds is 8. The Morgan fingerprint density at radius 2 is 2.17 bits per heavy atom. The van der Waals surface area contributed by atoms with E-state index in [1.54, 1.807) is 37.5 Å². The highest BCUT2D eigenvalue weighted by Crippen LogP contribution is 2.25. The molecule has 0 aliphatic heterocycles. The van der Waals surface area contributed by atoms with Crippen molar-refractivity contribution in [1.29, 1.82) is 0 Å². The molecular formula is C18H16Cl2N8OS. The number of thiazole rings is 1. The van der Waals surface area contributed by atoms with Gasteiger partial charge in [-0.05, 0) is 35.7 Å². The molecule has 0 saturated heterocycles. The number of aromatic nitrogens is 3. The smallest absolute Gasteiger partial charge is 0.263 e. The summed E-state index contributed by atoms with van der Waals surface area (Å²) in [7, 11) is 1.72. The first-order valence-corrected chi connectivity index (χ1v) is 10.3. The van der Waals surface area contributed by atoms with Crippen LogP contribution in [-0.4, -0.2) is 40.5 Å². The van der Waals surface area contributed by atoms with Crippen molar-refractivity contribution in [2.75, 3.05) is 18.9 Å². The Morgan fingerprint density at radius 3 is 2.90 bits per heavy atom. The number of nitrogens with zero attached hydrogens (tertiary/aromatic N) is 6. The largest absolute Gasteiger partial charge is 0.357 e. The molecule has 0 saturated carbocycles. The number of amides is 1. The van der Waals surface area contributed by atoms with Crippen molar-refractivity contribution < 1.29 is 4.79 Å². The van der Waals surface area contributed by atoms with Gasteiger partial charge in [0.05, 0.1) is 6.20 Å². The zero-order valence-corrected chi connectivity index (χ0v) is 18.0. The number of anilines is 1. The van der Waals surface area contributed by atoms with E-state index in [1.165, 1.54) is 17.5 Å². The molecule has 12 heteroatoms. The van der Waals surface area contributed by atoms with Crippen LogP contribution in [0.2, 0.25) is 10.0 Å². The highest BCUT2D eigenvalue weighted by molar-refractivity contribution is 7.16. The standard InChI is InChI=1S/C18H16Cl2N8OS/c1-22-18-23-5-4-14(27-18)17-24-9-15(30-17)16(29)26-12(8-25-28-21)6-10-2-3-11(19)7-13(10)20/h2-5,7,9,12H,6,8H2,1H3,(H,26,29)(H,22,23,27). The molecule has 0 bridgehead atoms. The molecule has 2 N–H and O–H groups in total. The van der Waals surface area contributed by atoms with Crippen LogP contribution in [0, 0.1) is 0 Å². The Hall–Kier alpha value is -2.91. The number of halogens is 2. The van der Waals surface area contributed by atoms with E-state index in [0.717, 1.165) is 5.56 Å². The third kappa shape index (κ3) is 5.58. The third-order valence-electron chi connectivity index (χ3n) is 4.01. The summed E-state index contributed by atoms with van der Waals surface area (Å²) in [5.41, 5.74) is 10.1. The molecule has 3 rings (SSSR count). The van der Waals surface area contributed by atoms with Gasteiger partial charge in [-0.25, -0.2) is 15.0 Å². The first kappa shape index (κ1) is 21.8. The molecule has 2 aromatic heterocycles. The number of benzene rings is 1. The number of azide groups is 1. The van der Waals surface area contributed by atoms with E-state index in [2.05, 4.69) is 35.6 Å². The Balaban J connectivity index is 1.75. The average molecular weight is 463 g/mol. The average Bonchev–Trinajstić information content (AvgIpc) is 3.24. The van der Waals surface area contributed by atoms with E-state index < -0.39 is 6.04 Å². The van der Waals surface area contributed by atoms with Gasteiger partial charge >= 0.3 is 0 Å². The summed E-state index contributed by atoms with van der Waals surface area (Å²) in [6, 6.07) is 6.38. The maximum atomic E-state index is 12.7. The predicted octanol–water partition coefficient (Wildman–Crippen LogP) is 4.60. The monoisotopic (exact) mass is 462 g/mol. The van der Waals surface area contributed by atoms with Crippen molar-refractivity contribution in [3.05, 3.63) is 67.6 Å². The Bertz CT molecular complexity index is 1100. The molecule has 1 amide bonds. The highest BCUT2D eigenvalue weighted by atomic mass is 35.5. The van der Waals surface area contributed by atoms with E-state index in [0.29, 0.717) is 38.0 Å². The fourth-order valence-electron chi connectivity index (χ4n) is 2.60. The lowest BCUT2D eigenvalue weighted by atomic mass is 10.1. The Labute approximate surface area is 186 Å². The lowest BCUT2D eigenvalue weighted by Gasteiger charge is -2.17. The molecular weight excluding hydrogens is 447 g/mol. The van der Waals surface area contributed by atoms with E-state index in [1.807, 2.05) is 0 Å². The topological polar surface area (TPSA) is 129 Å². The van der Waals surface area contributed by atoms with Gasteiger partial charge in [0, 0.05) is 40.8 Å². The summed E-state index contributed by atoms with van der Waals surface area (Å²) in [6.07, 6.45) is 3.47. The van der Waals surface area contributed by atoms with Crippen LogP contribution in [0.5, 0.6) is 0 Å². The minimum Gasteiger partial charge on any atom is -0.357 e. The minimum absolute atomic E-state index is 0.0737. The molecule has 9 nitrogen and oxygen atoms in total. The lowest BCUT2D eigenvalue weighted by Crippen LogP contribution is -2.38. The molecule has 0 aliphatic rings. The molecule has 0 radical (unpaired) electrons. The fraction of sp³-hybridized carbons (Fsp3) is 0.222. The van der Waals surface area contributed by atoms with Crippen LogP contribution in [-0.2, 0) is 6.42 Å². The normalized spacial score (nSPS) is 11.4. The van der Waals surface area contributed by atoms with Gasteiger partial charge in [0.2, 0.25) is 5.95 Å². The van der Waals surface area contributed by atoms with Crippen LogP contribution >= 0.6 is 34.5 Å². The second-order valence-corrected chi connectivity index (χ2v) is 7.94. The van der Waals surface area contributed by atoms with Gasteiger partial charge in [-0.2, -0.15) is 0 Å². The quantitative estimate of drug-likeness (QED) is 0.287. The SMILES string of the molecule is CNc1nccc(-c2ncc(C(=O)NC(CN=[N+]=[N-])Cc3ccc(Cl)cc3Cl)s2)n1. The van der Waals surface area contributed by atoms with Crippen molar-refractivity contribution in [3.63, 3.8) is 0 Å². The van der Waals surface area contributed by atoms with Gasteiger partial charge in [-0.15, -0.1) is 11.3 Å². The van der Waals surface area contributed by atoms with Gasteiger partial charge in [-0.3, -0.25) is 4.79 Å². The molecule has 0 spiro atoms. The van der Waals surface area contributed by atoms with Crippen molar-refractivity contribution in [2.45, 2.75) is 12.5 Å². The van der Waals surface area contributed by atoms with Crippen molar-refractivity contribution in [2.24, 2.45) is 5.11 Å². The number of carbonyl (C=O) groups excluding carboxylic acids is 1. The van der Waals surface area contributed by atoms with Crippen LogP contribution < -0.4 is 10.6 Å². The van der Waals surface area contributed by atoms with E-state index in [-0.39, 0.29) is 12.5 Å². The Kier molecular flexibility index (Phi) is 7.42. The second-order valence-electron chi connectivity index (χ2n) is 6.07. The summed E-state index contributed by atoms with van der Waals surface area (Å²) >= 11 is 13.4. The van der Waals surface area contributed by atoms with Gasteiger partial charge < -0.3 is 10.6 Å². The van der Waals surface area contributed by atoms with E-state index in [9.17, 15) is 4.79 Å². The molecule has 1 aromatic carbocycles. The third-order valence-corrected chi connectivity index (χ3v) is 5.62. The highest BCUT2D eigenvalue weighted by Gasteiger charge is 2.18. The number of hydrogen-bond acceptors (Lipinski definition) is 7. The molecule has 2 heterocycles. The molecule has 0 aliphatic carbocycles. The number of hydrogen-bond donors (Lipinski definition) is 2. The maximum absolute atomic E-state index is 12.7. The summed E-state index contributed by atoms with van der Waals surface area (Å²) in [5.74, 6) is 0.132. The summed E-state index contributed by atoms with van der Waals surface area (Å²) < 4.78 is 0. The van der Waals surface area contributed by atoms with Gasteiger partial charge in [0.15, 0.2) is 0 Å². The van der Waals surface area contributed by atoms with Gasteiger partial charge in [0.1, 0.15) is 15.6 Å². The summed E-state index contributed by atoms with van der Waals surface area (Å²) in [5, 5.41) is 10.9. The molecule has 0 fully saturated rings. The first-order chi connectivity index (χ1) is 14.5. The van der Waals surface area contributed by atoms with E-state index >= 15 is 0 Å². The van der Waals surface area contributed by atoms with Crippen LogP contribution in [0.25, 0.3) is 21.1 Å². The zero-order chi connectivity index (χ0) is 21.5. The zero-order valence-electron chi connectivity index (χ0n) is 15.7. The van der Waals surface area contributed by atoms with Gasteiger partial charge in [-0.1, -0.05) is 34.4 Å². The van der Waals surface area contributed by atoms with Crippen LogP contribution in [0.15, 0.2) is 41.8 Å². The number of nitrogens with one attached hydrogen (secondary N) is 2. The summed E-state index contributed by atoms with van der Waals surface area (Å²) in [4.78, 5) is 28.6. The second kappa shape index (κ2) is 10.2. The van der Waals surface area contributed by atoms with Crippen LogP contribution in [0.3, 0.4) is 0 Å². The van der Waals surface area contributed by atoms with E-state index in [4.69, 9.17) is 28.7 Å². The molecule has 154 valence electrons. The fourth-order valence-corrected chi connectivity index (χ4v) is 3.88. The van der Waals surface area contributed by atoms with Crippen molar-refractivity contribution in [1.82, 2.24) is 20.3 Å². The lowest BCUT2D eigenvalue weighted by molar-refractivity contribution is 0.0942. The molecule has 1 unspecified atom stereocenters. The van der Waals surface area contributed by atoms with Crippen LogP contribution in [0.4, 0.5) is 5.95 Å².